The van der Waals surface area contributed by atoms with E-state index >= 15 is 0 Å². The van der Waals surface area contributed by atoms with Gasteiger partial charge in [-0.15, -0.1) is 0 Å². The molecule has 4 nitrogen and oxygen atoms in total. The molecule has 4 heteroatoms. The van der Waals surface area contributed by atoms with Crippen LogP contribution < -0.4 is 10.1 Å². The van der Waals surface area contributed by atoms with Crippen molar-refractivity contribution in [3.05, 3.63) is 23.9 Å². The topological polar surface area (TPSA) is 54.4 Å². The summed E-state index contributed by atoms with van der Waals surface area (Å²) in [6, 6.07) is 5.81. The second kappa shape index (κ2) is 7.46. The Labute approximate surface area is 115 Å². The predicted molar refractivity (Wildman–Crippen MR) is 75.0 cm³/mol. The molecule has 1 aliphatic rings. The van der Waals surface area contributed by atoms with Crippen molar-refractivity contribution >= 4 is 0 Å². The summed E-state index contributed by atoms with van der Waals surface area (Å²) in [6.07, 6.45) is 4.95. The number of hydrogen-bond acceptors (Lipinski definition) is 4. The van der Waals surface area contributed by atoms with Gasteiger partial charge in [0.05, 0.1) is 12.8 Å². The van der Waals surface area contributed by atoms with Gasteiger partial charge in [-0.3, -0.25) is 0 Å². The molecule has 2 unspecified atom stereocenters. The van der Waals surface area contributed by atoms with Crippen LogP contribution in [0, 0.1) is 11.8 Å². The molecule has 1 aliphatic carbocycles. The molecular formula is C15H24N2O2. The molecule has 1 aromatic rings. The standard InChI is InChI=1S/C15H24N2O2/c1-19-15-8-4-7-14(17-15)10-16-9-12-5-2-3-6-13(12)11-18/h4,7-8,12-13,16,18H,2-3,5-6,9-11H2,1H3. The van der Waals surface area contributed by atoms with Gasteiger partial charge in [-0.05, 0) is 37.3 Å². The normalized spacial score (nSPS) is 23.3. The molecule has 106 valence electrons. The summed E-state index contributed by atoms with van der Waals surface area (Å²) < 4.78 is 5.11. The molecule has 2 rings (SSSR count). The maximum atomic E-state index is 9.39. The Morgan fingerprint density at radius 1 is 1.32 bits per heavy atom. The van der Waals surface area contributed by atoms with Gasteiger partial charge in [0.1, 0.15) is 0 Å². The van der Waals surface area contributed by atoms with Crippen molar-refractivity contribution in [1.29, 1.82) is 0 Å². The molecule has 0 bridgehead atoms. The van der Waals surface area contributed by atoms with Crippen LogP contribution in [0.5, 0.6) is 5.88 Å². The Morgan fingerprint density at radius 3 is 2.84 bits per heavy atom. The number of pyridine rings is 1. The highest BCUT2D eigenvalue weighted by Crippen LogP contribution is 2.29. The molecule has 19 heavy (non-hydrogen) atoms. The van der Waals surface area contributed by atoms with Crippen LogP contribution >= 0.6 is 0 Å². The van der Waals surface area contributed by atoms with Crippen LogP contribution in [0.2, 0.25) is 0 Å². The van der Waals surface area contributed by atoms with E-state index in [1.54, 1.807) is 7.11 Å². The Balaban J connectivity index is 1.78. The summed E-state index contributed by atoms with van der Waals surface area (Å²) in [5, 5.41) is 12.8. The Hall–Kier alpha value is -1.13. The van der Waals surface area contributed by atoms with Crippen LogP contribution in [-0.4, -0.2) is 30.4 Å². The lowest BCUT2D eigenvalue weighted by molar-refractivity contribution is 0.133. The van der Waals surface area contributed by atoms with Crippen molar-refractivity contribution in [3.63, 3.8) is 0 Å². The Kier molecular flexibility index (Phi) is 5.61. The van der Waals surface area contributed by atoms with E-state index in [1.165, 1.54) is 25.7 Å². The van der Waals surface area contributed by atoms with Crippen LogP contribution in [0.3, 0.4) is 0 Å². The molecule has 0 aromatic carbocycles. The van der Waals surface area contributed by atoms with E-state index in [1.807, 2.05) is 18.2 Å². The number of rotatable bonds is 6. The van der Waals surface area contributed by atoms with Crippen molar-refractivity contribution in [2.24, 2.45) is 11.8 Å². The lowest BCUT2D eigenvalue weighted by Gasteiger charge is -2.30. The highest BCUT2D eigenvalue weighted by Gasteiger charge is 2.23. The van der Waals surface area contributed by atoms with Crippen LogP contribution in [0.4, 0.5) is 0 Å². The molecular weight excluding hydrogens is 240 g/mol. The van der Waals surface area contributed by atoms with E-state index in [2.05, 4.69) is 10.3 Å². The molecule has 0 spiro atoms. The fourth-order valence-electron chi connectivity index (χ4n) is 2.85. The maximum Gasteiger partial charge on any atom is 0.213 e. The average molecular weight is 264 g/mol. The van der Waals surface area contributed by atoms with E-state index in [9.17, 15) is 5.11 Å². The van der Waals surface area contributed by atoms with Crippen molar-refractivity contribution in [3.8, 4) is 5.88 Å². The minimum absolute atomic E-state index is 0.323. The van der Waals surface area contributed by atoms with E-state index in [0.29, 0.717) is 24.3 Å². The molecule has 1 aromatic heterocycles. The van der Waals surface area contributed by atoms with E-state index in [0.717, 1.165) is 18.8 Å². The molecule has 0 saturated heterocycles. The van der Waals surface area contributed by atoms with Gasteiger partial charge in [-0.25, -0.2) is 4.98 Å². The van der Waals surface area contributed by atoms with E-state index in [-0.39, 0.29) is 0 Å². The van der Waals surface area contributed by atoms with Gasteiger partial charge in [0.15, 0.2) is 0 Å². The number of nitrogens with one attached hydrogen (secondary N) is 1. The summed E-state index contributed by atoms with van der Waals surface area (Å²) >= 11 is 0. The zero-order valence-electron chi connectivity index (χ0n) is 11.6. The third kappa shape index (κ3) is 4.18. The minimum Gasteiger partial charge on any atom is -0.481 e. The highest BCUT2D eigenvalue weighted by atomic mass is 16.5. The smallest absolute Gasteiger partial charge is 0.213 e. The van der Waals surface area contributed by atoms with Crippen LogP contribution in [0.1, 0.15) is 31.4 Å². The van der Waals surface area contributed by atoms with Crippen LogP contribution in [0.15, 0.2) is 18.2 Å². The van der Waals surface area contributed by atoms with Crippen molar-refractivity contribution < 1.29 is 9.84 Å². The number of aliphatic hydroxyl groups excluding tert-OH is 1. The number of aromatic nitrogens is 1. The molecule has 1 saturated carbocycles. The molecule has 1 fully saturated rings. The zero-order valence-corrected chi connectivity index (χ0v) is 11.6. The lowest BCUT2D eigenvalue weighted by atomic mass is 9.79. The van der Waals surface area contributed by atoms with Crippen molar-refractivity contribution in [1.82, 2.24) is 10.3 Å². The van der Waals surface area contributed by atoms with Gasteiger partial charge in [0.2, 0.25) is 5.88 Å². The summed E-state index contributed by atoms with van der Waals surface area (Å²) in [4.78, 5) is 4.38. The van der Waals surface area contributed by atoms with Gasteiger partial charge in [-0.1, -0.05) is 18.9 Å². The first-order valence-corrected chi connectivity index (χ1v) is 7.15. The van der Waals surface area contributed by atoms with E-state index in [4.69, 9.17) is 4.74 Å². The highest BCUT2D eigenvalue weighted by molar-refractivity contribution is 5.15. The predicted octanol–water partition coefficient (Wildman–Crippen LogP) is 1.98. The first kappa shape index (κ1) is 14.3. The number of ether oxygens (including phenoxy) is 1. The van der Waals surface area contributed by atoms with Gasteiger partial charge in [0.25, 0.3) is 0 Å². The quantitative estimate of drug-likeness (QED) is 0.825. The SMILES string of the molecule is COc1cccc(CNCC2CCCCC2CO)n1. The third-order valence-corrected chi connectivity index (χ3v) is 4.00. The first-order chi connectivity index (χ1) is 9.33. The second-order valence-electron chi connectivity index (χ2n) is 5.29. The van der Waals surface area contributed by atoms with Gasteiger partial charge in [-0.2, -0.15) is 0 Å². The molecule has 1 heterocycles. The molecule has 0 amide bonds. The number of aliphatic hydroxyl groups is 1. The fourth-order valence-corrected chi connectivity index (χ4v) is 2.85. The van der Waals surface area contributed by atoms with Crippen molar-refractivity contribution in [2.75, 3.05) is 20.3 Å². The maximum absolute atomic E-state index is 9.39. The molecule has 0 aliphatic heterocycles. The Bertz CT molecular complexity index is 384. The summed E-state index contributed by atoms with van der Waals surface area (Å²) in [7, 11) is 1.63. The number of methoxy groups -OCH3 is 1. The monoisotopic (exact) mass is 264 g/mol. The summed E-state index contributed by atoms with van der Waals surface area (Å²) in [5.41, 5.74) is 0.996. The summed E-state index contributed by atoms with van der Waals surface area (Å²) in [5.74, 6) is 1.73. The number of hydrogen-bond donors (Lipinski definition) is 2. The van der Waals surface area contributed by atoms with Gasteiger partial charge >= 0.3 is 0 Å². The second-order valence-corrected chi connectivity index (χ2v) is 5.29. The fraction of sp³-hybridized carbons (Fsp3) is 0.667. The van der Waals surface area contributed by atoms with Crippen LogP contribution in [-0.2, 0) is 6.54 Å². The van der Waals surface area contributed by atoms with Gasteiger partial charge in [0, 0.05) is 19.2 Å². The zero-order chi connectivity index (χ0) is 13.5. The molecule has 2 N–H and O–H groups in total. The molecule has 2 atom stereocenters. The van der Waals surface area contributed by atoms with E-state index < -0.39 is 0 Å². The Morgan fingerprint density at radius 2 is 2.11 bits per heavy atom. The van der Waals surface area contributed by atoms with Crippen molar-refractivity contribution in [2.45, 2.75) is 32.2 Å². The number of nitrogens with zero attached hydrogens (tertiary/aromatic N) is 1. The lowest BCUT2D eigenvalue weighted by Crippen LogP contribution is -2.32. The third-order valence-electron chi connectivity index (χ3n) is 4.00. The summed E-state index contributed by atoms with van der Waals surface area (Å²) in [6.45, 7) is 2.04. The van der Waals surface area contributed by atoms with Gasteiger partial charge < -0.3 is 15.2 Å². The minimum atomic E-state index is 0.323. The van der Waals surface area contributed by atoms with Crippen LogP contribution in [0.25, 0.3) is 0 Å². The average Bonchev–Trinajstić information content (AvgIpc) is 2.48. The first-order valence-electron chi connectivity index (χ1n) is 7.15. The molecule has 0 radical (unpaired) electrons. The largest absolute Gasteiger partial charge is 0.481 e.